The lowest BCUT2D eigenvalue weighted by Gasteiger charge is -2.39. The molecule has 1 aliphatic carbocycles. The maximum Gasteiger partial charge on any atom is 0.194 e. The molecule has 4 heteroatoms. The molecule has 7 aromatic rings. The third kappa shape index (κ3) is 5.26. The lowest BCUT2D eigenvalue weighted by Crippen LogP contribution is -2.37. The second-order valence-electron chi connectivity index (χ2n) is 15.0. The first kappa shape index (κ1) is 33.6. The largest absolute Gasteiger partial charge is 0.471 e. The average molecular weight is 717 g/mol. The van der Waals surface area contributed by atoms with E-state index in [0.717, 1.165) is 83.9 Å². The number of rotatable bonds is 7. The molecule has 6 aromatic carbocycles. The number of anilines is 1. The van der Waals surface area contributed by atoms with Crippen molar-refractivity contribution in [3.63, 3.8) is 0 Å². The van der Waals surface area contributed by atoms with Crippen LogP contribution in [0.1, 0.15) is 54.6 Å². The highest BCUT2D eigenvalue weighted by Crippen LogP contribution is 2.60. The molecule has 0 spiro atoms. The fourth-order valence-electron chi connectivity index (χ4n) is 9.56. The van der Waals surface area contributed by atoms with Gasteiger partial charge in [0.15, 0.2) is 5.60 Å². The van der Waals surface area contributed by atoms with E-state index in [2.05, 4.69) is 176 Å². The third-order valence-corrected chi connectivity index (χ3v) is 12.4. The zero-order valence-electron chi connectivity index (χ0n) is 31.5. The van der Waals surface area contributed by atoms with Crippen molar-refractivity contribution in [2.45, 2.75) is 37.7 Å². The van der Waals surface area contributed by atoms with Gasteiger partial charge in [-0.05, 0) is 82.0 Å². The highest BCUT2D eigenvalue weighted by atomic mass is 16.5. The molecule has 0 bridgehead atoms. The van der Waals surface area contributed by atoms with Crippen LogP contribution in [0.5, 0.6) is 5.75 Å². The van der Waals surface area contributed by atoms with Gasteiger partial charge in [0.25, 0.3) is 0 Å². The summed E-state index contributed by atoms with van der Waals surface area (Å²) in [6.07, 6.45) is 6.66. The Labute approximate surface area is 323 Å². The first-order valence-corrected chi connectivity index (χ1v) is 19.8. The second kappa shape index (κ2) is 13.4. The summed E-state index contributed by atoms with van der Waals surface area (Å²) in [4.78, 5) is 7.93. The molecular formula is C51H44N2O2. The number of nitrogens with zero attached hydrogens (tertiary/aromatic N) is 2. The molecule has 0 saturated carbocycles. The molecule has 0 amide bonds. The molecule has 3 heterocycles. The van der Waals surface area contributed by atoms with Crippen LogP contribution in [0.25, 0.3) is 50.4 Å². The van der Waals surface area contributed by atoms with Crippen molar-refractivity contribution in [1.82, 2.24) is 4.98 Å². The van der Waals surface area contributed by atoms with Gasteiger partial charge in [0, 0.05) is 46.3 Å². The summed E-state index contributed by atoms with van der Waals surface area (Å²) in [5.74, 6) is 0.918. The number of benzene rings is 6. The number of ether oxygens (including phenoxy) is 2. The van der Waals surface area contributed by atoms with Crippen LogP contribution in [0.4, 0.5) is 5.69 Å². The van der Waals surface area contributed by atoms with Crippen molar-refractivity contribution in [3.05, 3.63) is 180 Å². The molecule has 1 unspecified atom stereocenters. The number of hydrogen-bond acceptors (Lipinski definition) is 4. The van der Waals surface area contributed by atoms with Crippen molar-refractivity contribution >= 4 is 22.5 Å². The smallest absolute Gasteiger partial charge is 0.194 e. The van der Waals surface area contributed by atoms with E-state index in [0.29, 0.717) is 0 Å². The molecule has 55 heavy (non-hydrogen) atoms. The fourth-order valence-corrected chi connectivity index (χ4v) is 9.56. The molecule has 1 saturated heterocycles. The standard InChI is InChI=1S/C51H44N2O2/c1-3-50(4-2)44-22-14-13-21-42(44)47-40-19-11-12-20-41(40)49-43(48(47)50)27-28-51(55-49,38-23-25-39(26-24-38)53-29-31-54-32-30-53)46-34-37(35-15-7-5-8-16-35)33-45(52-46)36-17-9-6-10-18-36/h5-28,33-34H,3-4,29-32H2,1-2H3. The lowest BCUT2D eigenvalue weighted by molar-refractivity contribution is 0.122. The van der Waals surface area contributed by atoms with Crippen LogP contribution in [0, 0.1) is 0 Å². The van der Waals surface area contributed by atoms with E-state index in [4.69, 9.17) is 14.5 Å². The van der Waals surface area contributed by atoms with E-state index in [1.807, 2.05) is 0 Å². The molecule has 3 aliphatic rings. The first-order chi connectivity index (χ1) is 27.1. The number of fused-ring (bicyclic) bond motifs is 8. The molecule has 10 rings (SSSR count). The van der Waals surface area contributed by atoms with Crippen LogP contribution < -0.4 is 9.64 Å². The number of morpholine rings is 1. The third-order valence-electron chi connectivity index (χ3n) is 12.4. The summed E-state index contributed by atoms with van der Waals surface area (Å²) in [7, 11) is 0. The van der Waals surface area contributed by atoms with E-state index in [9.17, 15) is 0 Å². The van der Waals surface area contributed by atoms with Crippen LogP contribution in [0.15, 0.2) is 152 Å². The Bertz CT molecular complexity index is 2510. The Morgan fingerprint density at radius 3 is 2.04 bits per heavy atom. The van der Waals surface area contributed by atoms with Gasteiger partial charge in [-0.25, -0.2) is 4.98 Å². The molecule has 1 fully saturated rings. The minimum Gasteiger partial charge on any atom is -0.471 e. The normalized spacial score (nSPS) is 18.0. The van der Waals surface area contributed by atoms with Gasteiger partial charge in [-0.3, -0.25) is 0 Å². The Balaban J connectivity index is 1.25. The van der Waals surface area contributed by atoms with Gasteiger partial charge in [0.1, 0.15) is 5.75 Å². The highest BCUT2D eigenvalue weighted by Gasteiger charge is 2.47. The minimum absolute atomic E-state index is 0.125. The summed E-state index contributed by atoms with van der Waals surface area (Å²) < 4.78 is 13.5. The van der Waals surface area contributed by atoms with Gasteiger partial charge < -0.3 is 14.4 Å². The molecule has 2 aliphatic heterocycles. The average Bonchev–Trinajstić information content (AvgIpc) is 3.58. The molecule has 4 nitrogen and oxygen atoms in total. The van der Waals surface area contributed by atoms with E-state index >= 15 is 0 Å². The first-order valence-electron chi connectivity index (χ1n) is 19.8. The summed E-state index contributed by atoms with van der Waals surface area (Å²) in [6, 6.07) is 52.4. The van der Waals surface area contributed by atoms with Crippen molar-refractivity contribution in [2.75, 3.05) is 31.2 Å². The molecular weight excluding hydrogens is 673 g/mol. The summed E-state index contributed by atoms with van der Waals surface area (Å²) >= 11 is 0. The quantitative estimate of drug-likeness (QED) is 0.164. The Hall–Kier alpha value is -5.97. The summed E-state index contributed by atoms with van der Waals surface area (Å²) in [6.45, 7) is 7.93. The lowest BCUT2D eigenvalue weighted by atomic mass is 9.71. The maximum atomic E-state index is 7.80. The monoisotopic (exact) mass is 716 g/mol. The zero-order chi connectivity index (χ0) is 37.0. The SMILES string of the molecule is CCC1(CC)c2ccccc2-c2c1c1c(c3ccccc23)OC(c2ccc(N3CCOCC3)cc2)(c2cc(-c3ccccc3)cc(-c3ccccc3)n2)C=C1. The molecule has 1 aromatic heterocycles. The Morgan fingerprint density at radius 1 is 0.655 bits per heavy atom. The fraction of sp³-hybridized carbons (Fsp3) is 0.196. The van der Waals surface area contributed by atoms with Crippen LogP contribution in [-0.4, -0.2) is 31.3 Å². The number of pyridine rings is 1. The summed E-state index contributed by atoms with van der Waals surface area (Å²) in [5, 5.41) is 2.35. The molecule has 0 radical (unpaired) electrons. The van der Waals surface area contributed by atoms with E-state index in [-0.39, 0.29) is 5.41 Å². The zero-order valence-corrected chi connectivity index (χ0v) is 31.5. The van der Waals surface area contributed by atoms with Crippen LogP contribution in [-0.2, 0) is 15.8 Å². The molecule has 270 valence electrons. The number of aromatic nitrogens is 1. The van der Waals surface area contributed by atoms with Crippen LogP contribution in [0.3, 0.4) is 0 Å². The maximum absolute atomic E-state index is 7.80. The van der Waals surface area contributed by atoms with Crippen LogP contribution >= 0.6 is 0 Å². The Morgan fingerprint density at radius 2 is 1.31 bits per heavy atom. The van der Waals surface area contributed by atoms with Gasteiger partial charge in [-0.2, -0.15) is 0 Å². The van der Waals surface area contributed by atoms with Crippen LogP contribution in [0.2, 0.25) is 0 Å². The van der Waals surface area contributed by atoms with Crippen molar-refractivity contribution in [1.29, 1.82) is 0 Å². The van der Waals surface area contributed by atoms with Gasteiger partial charge in [-0.15, -0.1) is 0 Å². The van der Waals surface area contributed by atoms with E-state index in [1.54, 1.807) is 0 Å². The van der Waals surface area contributed by atoms with Gasteiger partial charge in [0.2, 0.25) is 0 Å². The predicted octanol–water partition coefficient (Wildman–Crippen LogP) is 11.8. The van der Waals surface area contributed by atoms with Gasteiger partial charge >= 0.3 is 0 Å². The van der Waals surface area contributed by atoms with Crippen molar-refractivity contribution in [2.24, 2.45) is 0 Å². The van der Waals surface area contributed by atoms with Gasteiger partial charge in [0.05, 0.1) is 24.6 Å². The molecule has 1 atom stereocenters. The second-order valence-corrected chi connectivity index (χ2v) is 15.0. The number of hydrogen-bond donors (Lipinski definition) is 0. The van der Waals surface area contributed by atoms with Gasteiger partial charge in [-0.1, -0.05) is 141 Å². The predicted molar refractivity (Wildman–Crippen MR) is 226 cm³/mol. The summed E-state index contributed by atoms with van der Waals surface area (Å²) in [5.41, 5.74) is 12.8. The minimum atomic E-state index is -1.02. The molecule has 0 N–H and O–H groups in total. The highest BCUT2D eigenvalue weighted by molar-refractivity contribution is 6.08. The van der Waals surface area contributed by atoms with Crippen molar-refractivity contribution < 1.29 is 9.47 Å². The Kier molecular flexibility index (Phi) is 8.18. The van der Waals surface area contributed by atoms with E-state index < -0.39 is 5.60 Å². The topological polar surface area (TPSA) is 34.6 Å². The van der Waals surface area contributed by atoms with Crippen molar-refractivity contribution in [3.8, 4) is 39.3 Å². The van der Waals surface area contributed by atoms with E-state index in [1.165, 1.54) is 38.9 Å².